The monoisotopic (exact) mass is 407 g/mol. The van der Waals surface area contributed by atoms with Crippen LogP contribution < -0.4 is 4.80 Å². The Morgan fingerprint density at radius 1 is 1.37 bits per heavy atom. The molecule has 0 fully saturated rings. The first kappa shape index (κ1) is 19.1. The van der Waals surface area contributed by atoms with Crippen LogP contribution in [0.1, 0.15) is 4.88 Å². The highest BCUT2D eigenvalue weighted by Gasteiger charge is 2.11. The molecule has 10 heteroatoms. The number of nitrogens with zero attached hydrogens (tertiary/aromatic N) is 3. The summed E-state index contributed by atoms with van der Waals surface area (Å²) in [7, 11) is 1.54. The lowest BCUT2D eigenvalue weighted by atomic mass is 10.3. The molecule has 0 spiro atoms. The molecular weight excluding hydrogens is 393 g/mol. The number of halogens is 1. The molecule has 0 aliphatic rings. The number of methoxy groups -OCH3 is 1. The predicted molar refractivity (Wildman–Crippen MR) is 102 cm³/mol. The molecule has 3 aromatic rings. The average Bonchev–Trinajstić information content (AvgIpc) is 3.23. The molecule has 1 amide bonds. The SMILES string of the molecule is COCCn1c(=NC(=O)/C=C/c2ccc([N+](=O)[O-])s2)sc2cccc(F)c21. The van der Waals surface area contributed by atoms with Gasteiger partial charge in [-0.1, -0.05) is 28.7 Å². The Labute approximate surface area is 160 Å². The third-order valence-electron chi connectivity index (χ3n) is 3.56. The van der Waals surface area contributed by atoms with Crippen LogP contribution in [0.4, 0.5) is 9.39 Å². The van der Waals surface area contributed by atoms with Crippen molar-refractivity contribution in [2.75, 3.05) is 13.7 Å². The summed E-state index contributed by atoms with van der Waals surface area (Å²) in [4.78, 5) is 27.4. The fraction of sp³-hybridized carbons (Fsp3) is 0.176. The van der Waals surface area contributed by atoms with E-state index in [0.717, 1.165) is 11.3 Å². The van der Waals surface area contributed by atoms with Crippen molar-refractivity contribution in [2.45, 2.75) is 6.54 Å². The minimum atomic E-state index is -0.538. The molecule has 0 unspecified atom stereocenters. The van der Waals surface area contributed by atoms with Gasteiger partial charge in [-0.25, -0.2) is 4.39 Å². The number of hydrogen-bond acceptors (Lipinski definition) is 6. The Morgan fingerprint density at radius 3 is 2.89 bits per heavy atom. The van der Waals surface area contributed by atoms with Gasteiger partial charge in [0.15, 0.2) is 4.80 Å². The summed E-state index contributed by atoms with van der Waals surface area (Å²) in [5.41, 5.74) is 0.379. The zero-order valence-electron chi connectivity index (χ0n) is 14.1. The van der Waals surface area contributed by atoms with Crippen molar-refractivity contribution in [3.8, 4) is 0 Å². The van der Waals surface area contributed by atoms with E-state index in [9.17, 15) is 19.3 Å². The summed E-state index contributed by atoms with van der Waals surface area (Å²) in [6, 6.07) is 7.65. The predicted octanol–water partition coefficient (Wildman–Crippen LogP) is 3.60. The third-order valence-corrected chi connectivity index (χ3v) is 5.61. The molecule has 1 aromatic carbocycles. The van der Waals surface area contributed by atoms with Crippen LogP contribution >= 0.6 is 22.7 Å². The zero-order valence-corrected chi connectivity index (χ0v) is 15.8. The lowest BCUT2D eigenvalue weighted by Gasteiger charge is -2.04. The standard InChI is InChI=1S/C17H14FN3O4S2/c1-25-10-9-20-16-12(18)3-2-4-13(16)27-17(20)19-14(22)7-5-11-6-8-15(26-11)21(23)24/h2-8H,9-10H2,1H3/b7-5+,19-17?. The molecule has 0 radical (unpaired) electrons. The fourth-order valence-electron chi connectivity index (χ4n) is 2.38. The number of para-hydroxylation sites is 1. The average molecular weight is 407 g/mol. The summed E-state index contributed by atoms with van der Waals surface area (Å²) in [6.45, 7) is 0.695. The van der Waals surface area contributed by atoms with Crippen molar-refractivity contribution in [3.05, 3.63) is 62.0 Å². The van der Waals surface area contributed by atoms with E-state index in [1.54, 1.807) is 22.8 Å². The molecule has 0 saturated heterocycles. The van der Waals surface area contributed by atoms with Crippen LogP contribution in [0.2, 0.25) is 0 Å². The Balaban J connectivity index is 1.93. The Hall–Kier alpha value is -2.69. The first-order valence-electron chi connectivity index (χ1n) is 7.77. The van der Waals surface area contributed by atoms with Gasteiger partial charge in [-0.3, -0.25) is 14.9 Å². The van der Waals surface area contributed by atoms with Crippen molar-refractivity contribution in [2.24, 2.45) is 4.99 Å². The number of carbonyl (C=O) groups is 1. The van der Waals surface area contributed by atoms with Gasteiger partial charge < -0.3 is 9.30 Å². The molecule has 0 saturated carbocycles. The van der Waals surface area contributed by atoms with Gasteiger partial charge in [0.2, 0.25) is 0 Å². The number of rotatable bonds is 6. The summed E-state index contributed by atoms with van der Waals surface area (Å²) >= 11 is 2.17. The topological polar surface area (TPSA) is 86.7 Å². The van der Waals surface area contributed by atoms with E-state index >= 15 is 0 Å². The van der Waals surface area contributed by atoms with Crippen LogP contribution in [0, 0.1) is 15.9 Å². The van der Waals surface area contributed by atoms with Crippen LogP contribution in [-0.2, 0) is 16.1 Å². The highest BCUT2D eigenvalue weighted by Crippen LogP contribution is 2.25. The van der Waals surface area contributed by atoms with Crippen molar-refractivity contribution in [3.63, 3.8) is 0 Å². The number of carbonyl (C=O) groups excluding carboxylic acids is 1. The van der Waals surface area contributed by atoms with E-state index in [1.165, 1.54) is 42.7 Å². The second kappa shape index (κ2) is 8.33. The maximum absolute atomic E-state index is 14.2. The highest BCUT2D eigenvalue weighted by molar-refractivity contribution is 7.16. The fourth-order valence-corrected chi connectivity index (χ4v) is 4.18. The number of ether oxygens (including phenoxy) is 1. The minimum absolute atomic E-state index is 0.00331. The normalized spacial score (nSPS) is 12.3. The van der Waals surface area contributed by atoms with Crippen LogP contribution in [0.5, 0.6) is 0 Å². The third kappa shape index (κ3) is 4.35. The second-order valence-corrected chi connectivity index (χ2v) is 7.44. The van der Waals surface area contributed by atoms with Crippen molar-refractivity contribution in [1.82, 2.24) is 4.57 Å². The summed E-state index contributed by atoms with van der Waals surface area (Å²) in [5.74, 6) is -0.931. The number of fused-ring (bicyclic) bond motifs is 1. The molecule has 0 aliphatic carbocycles. The maximum Gasteiger partial charge on any atom is 0.324 e. The Bertz CT molecular complexity index is 1100. The second-order valence-electron chi connectivity index (χ2n) is 5.33. The number of benzene rings is 1. The molecule has 2 heterocycles. The molecule has 0 bridgehead atoms. The Kier molecular flexibility index (Phi) is 5.89. The summed E-state index contributed by atoms with van der Waals surface area (Å²) in [6.07, 6.45) is 2.70. The van der Waals surface area contributed by atoms with Gasteiger partial charge in [0.05, 0.1) is 21.7 Å². The number of hydrogen-bond donors (Lipinski definition) is 0. The molecule has 7 nitrogen and oxygen atoms in total. The van der Waals surface area contributed by atoms with Crippen molar-refractivity contribution in [1.29, 1.82) is 0 Å². The van der Waals surface area contributed by atoms with Gasteiger partial charge >= 0.3 is 5.00 Å². The van der Waals surface area contributed by atoms with Gasteiger partial charge in [-0.15, -0.1) is 0 Å². The van der Waals surface area contributed by atoms with Crippen LogP contribution in [0.25, 0.3) is 16.3 Å². The molecule has 0 atom stereocenters. The van der Waals surface area contributed by atoms with Gasteiger partial charge in [-0.2, -0.15) is 4.99 Å². The molecule has 3 rings (SSSR count). The first-order valence-corrected chi connectivity index (χ1v) is 9.40. The number of aromatic nitrogens is 1. The lowest BCUT2D eigenvalue weighted by molar-refractivity contribution is -0.380. The first-order chi connectivity index (χ1) is 13.0. The molecule has 0 aliphatic heterocycles. The van der Waals surface area contributed by atoms with Crippen molar-refractivity contribution >= 4 is 49.9 Å². The number of nitro groups is 1. The lowest BCUT2D eigenvalue weighted by Crippen LogP contribution is -2.19. The van der Waals surface area contributed by atoms with E-state index in [0.29, 0.717) is 33.0 Å². The van der Waals surface area contributed by atoms with E-state index in [1.807, 2.05) is 0 Å². The maximum atomic E-state index is 14.2. The number of thiazole rings is 1. The largest absolute Gasteiger partial charge is 0.383 e. The summed E-state index contributed by atoms with van der Waals surface area (Å²) in [5, 5.41) is 10.7. The van der Waals surface area contributed by atoms with Crippen molar-refractivity contribution < 1.29 is 18.8 Å². The van der Waals surface area contributed by atoms with E-state index in [-0.39, 0.29) is 5.00 Å². The van der Waals surface area contributed by atoms with Crippen LogP contribution in [0.15, 0.2) is 41.4 Å². The zero-order chi connectivity index (χ0) is 19.4. The minimum Gasteiger partial charge on any atom is -0.383 e. The quantitative estimate of drug-likeness (QED) is 0.355. The number of thiophene rings is 1. The smallest absolute Gasteiger partial charge is 0.324 e. The number of amides is 1. The molecular formula is C17H14FN3O4S2. The van der Waals surface area contributed by atoms with Crippen LogP contribution in [-0.4, -0.2) is 29.1 Å². The van der Waals surface area contributed by atoms with Gasteiger partial charge in [0.1, 0.15) is 5.82 Å². The molecule has 27 heavy (non-hydrogen) atoms. The van der Waals surface area contributed by atoms with E-state index in [4.69, 9.17) is 4.74 Å². The van der Waals surface area contributed by atoms with Gasteiger partial charge in [0, 0.05) is 30.7 Å². The summed E-state index contributed by atoms with van der Waals surface area (Å²) < 4.78 is 21.6. The van der Waals surface area contributed by atoms with Crippen LogP contribution in [0.3, 0.4) is 0 Å². The Morgan fingerprint density at radius 2 is 2.19 bits per heavy atom. The molecule has 2 aromatic heterocycles. The highest BCUT2D eigenvalue weighted by atomic mass is 32.1. The van der Waals surface area contributed by atoms with E-state index < -0.39 is 16.6 Å². The molecule has 140 valence electrons. The van der Waals surface area contributed by atoms with Gasteiger partial charge in [0.25, 0.3) is 5.91 Å². The molecule has 0 N–H and O–H groups in total. The van der Waals surface area contributed by atoms with Gasteiger partial charge in [-0.05, 0) is 24.3 Å². The van der Waals surface area contributed by atoms with E-state index in [2.05, 4.69) is 4.99 Å².